The zero-order valence-electron chi connectivity index (χ0n) is 21.3. The Balaban J connectivity index is 1.11. The Morgan fingerprint density at radius 2 is 1.84 bits per heavy atom. The molecule has 0 bridgehead atoms. The van der Waals surface area contributed by atoms with Crippen LogP contribution in [-0.4, -0.2) is 64.2 Å². The minimum Gasteiger partial charge on any atom is -0.481 e. The van der Waals surface area contributed by atoms with Crippen LogP contribution in [0.2, 0.25) is 0 Å². The highest BCUT2D eigenvalue weighted by Gasteiger charge is 2.42. The zero-order valence-corrected chi connectivity index (χ0v) is 21.3. The smallest absolute Gasteiger partial charge is 0.272 e. The van der Waals surface area contributed by atoms with Crippen LogP contribution in [0.5, 0.6) is 5.88 Å². The van der Waals surface area contributed by atoms with Crippen LogP contribution in [0.15, 0.2) is 70.8 Å². The first-order valence-electron chi connectivity index (χ1n) is 13.0. The summed E-state index contributed by atoms with van der Waals surface area (Å²) in [6.45, 7) is 3.78. The Bertz CT molecular complexity index is 1480. The fourth-order valence-electron chi connectivity index (χ4n) is 6.08. The van der Waals surface area contributed by atoms with Gasteiger partial charge in [-0.1, -0.05) is 30.3 Å². The summed E-state index contributed by atoms with van der Waals surface area (Å²) in [5, 5.41) is 8.19. The molecule has 0 saturated carbocycles. The number of halogens is 1. The molecule has 9 heteroatoms. The van der Waals surface area contributed by atoms with Crippen LogP contribution in [0.25, 0.3) is 10.8 Å². The molecule has 3 aliphatic rings. The Morgan fingerprint density at radius 1 is 1.08 bits per heavy atom. The number of nitrogens with zero attached hydrogens (tertiary/aromatic N) is 4. The molecule has 4 heterocycles. The standard InChI is InChI=1S/C29H30FN5O3/c1-38-27-8-4-5-21(31-27)17-34-13-19-15-35(16-20(19)14-34)29(37)24-11-18(9-10-25(24)30)12-26-22-6-2-3-7-23(22)28(36)33-32-26/h2-8,10-11,18-20H,9,12-17H2,1H3,(H,33,36). The maximum atomic E-state index is 14.9. The molecule has 3 aromatic rings. The molecule has 8 nitrogen and oxygen atoms in total. The number of rotatable bonds is 6. The molecule has 2 aromatic heterocycles. The lowest BCUT2D eigenvalue weighted by atomic mass is 9.90. The third kappa shape index (κ3) is 4.74. The number of allylic oxidation sites excluding steroid dienone is 2. The number of ether oxygens (including phenoxy) is 1. The number of carbonyl (C=O) groups excluding carboxylic acids is 1. The summed E-state index contributed by atoms with van der Waals surface area (Å²) in [6.07, 6.45) is 4.26. The summed E-state index contributed by atoms with van der Waals surface area (Å²) in [6, 6.07) is 13.1. The number of hydrogen-bond donors (Lipinski definition) is 1. The van der Waals surface area contributed by atoms with Crippen LogP contribution in [-0.2, 0) is 17.8 Å². The van der Waals surface area contributed by atoms with Crippen molar-refractivity contribution >= 4 is 16.7 Å². The second kappa shape index (κ2) is 10.1. The van der Waals surface area contributed by atoms with Crippen molar-refractivity contribution in [2.24, 2.45) is 17.8 Å². The van der Waals surface area contributed by atoms with Crippen molar-refractivity contribution in [3.8, 4) is 5.88 Å². The van der Waals surface area contributed by atoms with E-state index in [0.717, 1.165) is 36.4 Å². The number of pyridine rings is 1. The number of aromatic nitrogens is 3. The van der Waals surface area contributed by atoms with Gasteiger partial charge in [-0.25, -0.2) is 14.5 Å². The van der Waals surface area contributed by atoms with Crippen molar-refractivity contribution in [1.82, 2.24) is 25.0 Å². The van der Waals surface area contributed by atoms with Crippen molar-refractivity contribution in [1.29, 1.82) is 0 Å². The summed E-state index contributed by atoms with van der Waals surface area (Å²) in [4.78, 5) is 34.2. The van der Waals surface area contributed by atoms with Gasteiger partial charge in [-0.2, -0.15) is 5.10 Å². The predicted octanol–water partition coefficient (Wildman–Crippen LogP) is 3.26. The van der Waals surface area contributed by atoms with Crippen molar-refractivity contribution in [2.75, 3.05) is 33.3 Å². The molecule has 196 valence electrons. The van der Waals surface area contributed by atoms with Gasteiger partial charge in [0, 0.05) is 44.2 Å². The molecule has 2 aliphatic heterocycles. The lowest BCUT2D eigenvalue weighted by molar-refractivity contribution is -0.126. The molecule has 2 saturated heterocycles. The van der Waals surface area contributed by atoms with Gasteiger partial charge >= 0.3 is 0 Å². The van der Waals surface area contributed by atoms with Crippen molar-refractivity contribution in [2.45, 2.75) is 19.4 Å². The number of carbonyl (C=O) groups is 1. The average molecular weight is 516 g/mol. The summed E-state index contributed by atoms with van der Waals surface area (Å²) in [7, 11) is 1.61. The second-order valence-corrected chi connectivity index (χ2v) is 10.5. The van der Waals surface area contributed by atoms with Crippen molar-refractivity contribution < 1.29 is 13.9 Å². The average Bonchev–Trinajstić information content (AvgIpc) is 3.50. The summed E-state index contributed by atoms with van der Waals surface area (Å²) >= 11 is 0. The van der Waals surface area contributed by atoms with Gasteiger partial charge in [-0.15, -0.1) is 0 Å². The number of H-pyrrole nitrogens is 1. The van der Waals surface area contributed by atoms with E-state index in [2.05, 4.69) is 20.1 Å². The van der Waals surface area contributed by atoms with Gasteiger partial charge in [0.1, 0.15) is 5.83 Å². The SMILES string of the molecule is COc1cccc(CN2CC3CN(C(=O)C4=CC(Cc5n[nH]c(=O)c6ccccc56)CC=C4F)CC3C2)n1. The number of aromatic amines is 1. The number of likely N-dealkylation sites (tertiary alicyclic amines) is 2. The molecule has 6 rings (SSSR count). The monoisotopic (exact) mass is 515 g/mol. The Labute approximate surface area is 219 Å². The van der Waals surface area contributed by atoms with Gasteiger partial charge in [0.25, 0.3) is 11.5 Å². The first-order chi connectivity index (χ1) is 18.5. The molecule has 3 unspecified atom stereocenters. The van der Waals surface area contributed by atoms with Crippen LogP contribution in [0.1, 0.15) is 17.8 Å². The third-order valence-corrected chi connectivity index (χ3v) is 7.95. The van der Waals surface area contributed by atoms with E-state index in [4.69, 9.17) is 4.74 Å². The highest BCUT2D eigenvalue weighted by atomic mass is 19.1. The summed E-state index contributed by atoms with van der Waals surface area (Å²) < 4.78 is 20.1. The van der Waals surface area contributed by atoms with Gasteiger partial charge in [-0.3, -0.25) is 14.5 Å². The largest absolute Gasteiger partial charge is 0.481 e. The zero-order chi connectivity index (χ0) is 26.2. The number of amides is 1. The number of nitrogens with one attached hydrogen (secondary N) is 1. The maximum Gasteiger partial charge on any atom is 0.272 e. The predicted molar refractivity (Wildman–Crippen MR) is 141 cm³/mol. The van der Waals surface area contributed by atoms with Crippen LogP contribution >= 0.6 is 0 Å². The third-order valence-electron chi connectivity index (χ3n) is 7.95. The number of benzene rings is 1. The molecule has 0 spiro atoms. The fraction of sp³-hybridized carbons (Fsp3) is 0.379. The lowest BCUT2D eigenvalue weighted by Crippen LogP contribution is -2.34. The van der Waals surface area contributed by atoms with Crippen LogP contribution < -0.4 is 10.3 Å². The van der Waals surface area contributed by atoms with E-state index in [1.807, 2.05) is 41.3 Å². The fourth-order valence-corrected chi connectivity index (χ4v) is 6.08. The first-order valence-corrected chi connectivity index (χ1v) is 13.0. The van der Waals surface area contributed by atoms with Gasteiger partial charge in [0.2, 0.25) is 5.88 Å². The topological polar surface area (TPSA) is 91.4 Å². The minimum absolute atomic E-state index is 0.0804. The molecular weight excluding hydrogens is 485 g/mol. The highest BCUT2D eigenvalue weighted by Crippen LogP contribution is 2.35. The second-order valence-electron chi connectivity index (χ2n) is 10.5. The van der Waals surface area contributed by atoms with E-state index in [1.54, 1.807) is 19.3 Å². The van der Waals surface area contributed by atoms with Gasteiger partial charge in [0.05, 0.1) is 29.5 Å². The van der Waals surface area contributed by atoms with E-state index >= 15 is 0 Å². The van der Waals surface area contributed by atoms with E-state index in [1.165, 1.54) is 6.08 Å². The Hall–Kier alpha value is -3.85. The van der Waals surface area contributed by atoms with E-state index < -0.39 is 5.83 Å². The molecule has 38 heavy (non-hydrogen) atoms. The molecule has 1 aliphatic carbocycles. The Kier molecular flexibility index (Phi) is 6.53. The van der Waals surface area contributed by atoms with Gasteiger partial charge in [-0.05, 0) is 48.8 Å². The van der Waals surface area contributed by atoms with Crippen LogP contribution in [0, 0.1) is 17.8 Å². The lowest BCUT2D eigenvalue weighted by Gasteiger charge is -2.24. The first kappa shape index (κ1) is 24.5. The van der Waals surface area contributed by atoms with Crippen LogP contribution in [0.3, 0.4) is 0 Å². The summed E-state index contributed by atoms with van der Waals surface area (Å²) in [5.41, 5.74) is 1.62. The maximum absolute atomic E-state index is 14.9. The minimum atomic E-state index is -0.451. The van der Waals surface area contributed by atoms with E-state index in [0.29, 0.717) is 49.0 Å². The molecule has 0 radical (unpaired) electrons. The molecule has 3 atom stereocenters. The van der Waals surface area contributed by atoms with Crippen LogP contribution in [0.4, 0.5) is 4.39 Å². The molecule has 2 fully saturated rings. The molecule has 1 amide bonds. The van der Waals surface area contributed by atoms with Gasteiger partial charge in [0.15, 0.2) is 0 Å². The molecule has 1 aromatic carbocycles. The number of hydrogen-bond acceptors (Lipinski definition) is 6. The summed E-state index contributed by atoms with van der Waals surface area (Å²) in [5.74, 6) is 0.577. The number of fused-ring (bicyclic) bond motifs is 2. The van der Waals surface area contributed by atoms with E-state index in [-0.39, 0.29) is 23.0 Å². The molecule has 1 N–H and O–H groups in total. The van der Waals surface area contributed by atoms with Gasteiger partial charge < -0.3 is 9.64 Å². The van der Waals surface area contributed by atoms with E-state index in [9.17, 15) is 14.0 Å². The Morgan fingerprint density at radius 3 is 2.61 bits per heavy atom. The van der Waals surface area contributed by atoms with Crippen molar-refractivity contribution in [3.63, 3.8) is 0 Å². The quantitative estimate of drug-likeness (QED) is 0.542. The normalized spacial score (nSPS) is 23.3. The number of methoxy groups -OCH3 is 1. The highest BCUT2D eigenvalue weighted by molar-refractivity contribution is 5.97. The molecular formula is C29H30FN5O3. The van der Waals surface area contributed by atoms with Crippen molar-refractivity contribution in [3.05, 3.63) is 87.8 Å².